The minimum Gasteiger partial charge on any atom is -0.754 e. The summed E-state index contributed by atoms with van der Waals surface area (Å²) < 4.78 is 20.5. The van der Waals surface area contributed by atoms with Gasteiger partial charge in [-0.05, 0) is 24.7 Å². The van der Waals surface area contributed by atoms with E-state index in [1.165, 1.54) is 6.42 Å². The van der Waals surface area contributed by atoms with Crippen LogP contribution in [0, 0.1) is 11.8 Å². The van der Waals surface area contributed by atoms with Gasteiger partial charge in [-0.25, -0.2) is 4.89 Å². The summed E-state index contributed by atoms with van der Waals surface area (Å²) >= 11 is 0. The summed E-state index contributed by atoms with van der Waals surface area (Å²) in [5, 5.41) is 0. The summed E-state index contributed by atoms with van der Waals surface area (Å²) in [6.07, 6.45) is 8.06. The zero-order valence-corrected chi connectivity index (χ0v) is 18.6. The molecule has 23 heavy (non-hydrogen) atoms. The second-order valence-electron chi connectivity index (χ2n) is 6.66. The van der Waals surface area contributed by atoms with Crippen LogP contribution in [-0.2, 0) is 18.7 Å². The maximum atomic E-state index is 11.4. The van der Waals surface area contributed by atoms with Gasteiger partial charge in [0.25, 0.3) is 7.82 Å². The van der Waals surface area contributed by atoms with Crippen LogP contribution >= 0.6 is 7.82 Å². The number of unbranched alkanes of at least 4 members (excludes halogenated alkanes) is 4. The quantitative estimate of drug-likeness (QED) is 0.147. The third kappa shape index (κ3) is 21.0. The van der Waals surface area contributed by atoms with Crippen LogP contribution in [0.15, 0.2) is 0 Å². The second kappa shape index (κ2) is 16.5. The third-order valence-electron chi connectivity index (χ3n) is 3.33. The van der Waals surface area contributed by atoms with Crippen LogP contribution in [-0.4, -0.2) is 13.2 Å². The van der Waals surface area contributed by atoms with E-state index in [1.54, 1.807) is 0 Å². The van der Waals surface area contributed by atoms with Crippen molar-refractivity contribution in [2.45, 2.75) is 79.1 Å². The Balaban J connectivity index is 0. The molecule has 0 fully saturated rings. The molecule has 0 N–H and O–H groups in total. The van der Waals surface area contributed by atoms with Crippen LogP contribution in [0.2, 0.25) is 0 Å². The smallest absolute Gasteiger partial charge is 0.754 e. The van der Waals surface area contributed by atoms with E-state index < -0.39 is 7.82 Å². The first kappa shape index (κ1) is 26.3. The summed E-state index contributed by atoms with van der Waals surface area (Å²) in [5.41, 5.74) is 0. The van der Waals surface area contributed by atoms with Crippen molar-refractivity contribution >= 4 is 7.82 Å². The van der Waals surface area contributed by atoms with Gasteiger partial charge in [0.15, 0.2) is 0 Å². The zero-order chi connectivity index (χ0) is 16.8. The van der Waals surface area contributed by atoms with E-state index in [9.17, 15) is 9.46 Å². The van der Waals surface area contributed by atoms with Gasteiger partial charge in [0.05, 0.1) is 13.2 Å². The molecule has 0 radical (unpaired) electrons. The van der Waals surface area contributed by atoms with Gasteiger partial charge in [0, 0.05) is 0 Å². The molecule has 0 bridgehead atoms. The Labute approximate surface area is 164 Å². The fourth-order valence-corrected chi connectivity index (χ4v) is 2.62. The molecule has 0 saturated heterocycles. The summed E-state index contributed by atoms with van der Waals surface area (Å²) in [4.78, 5) is 16.1. The number of rotatable bonds is 15. The van der Waals surface area contributed by atoms with Crippen molar-refractivity contribution in [3.8, 4) is 0 Å². The summed E-state index contributed by atoms with van der Waals surface area (Å²) in [5.74, 6) is 1.39. The molecule has 1 atom stereocenters. The van der Waals surface area contributed by atoms with Crippen molar-refractivity contribution in [1.82, 2.24) is 0 Å². The SMILES string of the molecule is CC(C)CCCCCOOP(=O)([O-])OCCCCCC(C)C.[Na+]. The van der Waals surface area contributed by atoms with Crippen molar-refractivity contribution < 1.29 is 53.1 Å². The number of hydrogen-bond donors (Lipinski definition) is 0. The van der Waals surface area contributed by atoms with Gasteiger partial charge < -0.3 is 9.42 Å². The monoisotopic (exact) mass is 360 g/mol. The predicted molar refractivity (Wildman–Crippen MR) is 87.2 cm³/mol. The first-order valence-electron chi connectivity index (χ1n) is 8.60. The molecule has 0 aliphatic heterocycles. The van der Waals surface area contributed by atoms with Crippen LogP contribution in [0.3, 0.4) is 0 Å². The average molecular weight is 360 g/mol. The van der Waals surface area contributed by atoms with Gasteiger partial charge >= 0.3 is 29.6 Å². The van der Waals surface area contributed by atoms with Gasteiger partial charge in [-0.15, -0.1) is 0 Å². The molecule has 0 spiro atoms. The number of phosphoric acid groups is 1. The van der Waals surface area contributed by atoms with Crippen molar-refractivity contribution in [2.75, 3.05) is 13.2 Å². The molecule has 0 aromatic carbocycles. The molecule has 0 amide bonds. The largest absolute Gasteiger partial charge is 1.00 e. The van der Waals surface area contributed by atoms with E-state index in [0.717, 1.165) is 44.9 Å². The van der Waals surface area contributed by atoms with Gasteiger partial charge in [-0.2, -0.15) is 4.67 Å². The molecule has 0 aromatic rings. The molecular formula is C16H34NaO5P. The fraction of sp³-hybridized carbons (Fsp3) is 1.00. The first-order valence-corrected chi connectivity index (χ1v) is 10.1. The second-order valence-corrected chi connectivity index (χ2v) is 7.97. The van der Waals surface area contributed by atoms with Crippen LogP contribution < -0.4 is 34.5 Å². The molecular weight excluding hydrogens is 326 g/mol. The maximum absolute atomic E-state index is 11.4. The van der Waals surface area contributed by atoms with Gasteiger partial charge in [0.2, 0.25) is 0 Å². The maximum Gasteiger partial charge on any atom is 1.00 e. The zero-order valence-electron chi connectivity index (χ0n) is 15.7. The standard InChI is InChI=1S/C16H35O5P.Na/c1-15(2)11-7-5-9-13-19-21-22(17,18)20-14-10-6-8-12-16(3)4;/h15-16H,5-14H2,1-4H3,(H,17,18);/q;+1/p-1. The predicted octanol–water partition coefficient (Wildman–Crippen LogP) is 1.86. The van der Waals surface area contributed by atoms with Gasteiger partial charge in [0.1, 0.15) is 0 Å². The molecule has 5 nitrogen and oxygen atoms in total. The van der Waals surface area contributed by atoms with E-state index in [2.05, 4.69) is 32.4 Å². The van der Waals surface area contributed by atoms with E-state index >= 15 is 0 Å². The summed E-state index contributed by atoms with van der Waals surface area (Å²) in [7, 11) is -4.30. The Morgan fingerprint density at radius 2 is 1.30 bits per heavy atom. The molecule has 1 unspecified atom stereocenters. The van der Waals surface area contributed by atoms with Crippen molar-refractivity contribution in [2.24, 2.45) is 11.8 Å². The molecule has 0 aliphatic carbocycles. The molecule has 0 rings (SSSR count). The van der Waals surface area contributed by atoms with Crippen molar-refractivity contribution in [3.63, 3.8) is 0 Å². The topological polar surface area (TPSA) is 67.8 Å². The molecule has 0 saturated carbocycles. The van der Waals surface area contributed by atoms with Crippen molar-refractivity contribution in [3.05, 3.63) is 0 Å². The molecule has 7 heteroatoms. The Bertz CT molecular complexity index is 300. The summed E-state index contributed by atoms with van der Waals surface area (Å²) in [6, 6.07) is 0. The molecule has 0 heterocycles. The minimum atomic E-state index is -4.30. The van der Waals surface area contributed by atoms with E-state index in [0.29, 0.717) is 11.8 Å². The summed E-state index contributed by atoms with van der Waals surface area (Å²) in [6.45, 7) is 9.17. The van der Waals surface area contributed by atoms with Crippen LogP contribution in [0.1, 0.15) is 79.1 Å². The Morgan fingerprint density at radius 3 is 1.78 bits per heavy atom. The number of hydrogen-bond acceptors (Lipinski definition) is 5. The van der Waals surface area contributed by atoms with Gasteiger partial charge in [-0.1, -0.05) is 66.2 Å². The normalized spacial score (nSPS) is 14.0. The minimum absolute atomic E-state index is 0. The Hall–Kier alpha value is 1.07. The molecule has 0 aromatic heterocycles. The fourth-order valence-electron chi connectivity index (χ4n) is 2.02. The van der Waals surface area contributed by atoms with E-state index in [-0.39, 0.29) is 42.8 Å². The van der Waals surface area contributed by atoms with Crippen LogP contribution in [0.4, 0.5) is 0 Å². The first-order chi connectivity index (χ1) is 10.3. The Kier molecular flexibility index (Phi) is 18.9. The van der Waals surface area contributed by atoms with E-state index in [4.69, 9.17) is 9.41 Å². The average Bonchev–Trinajstić information content (AvgIpc) is 2.41. The van der Waals surface area contributed by atoms with Crippen molar-refractivity contribution in [1.29, 1.82) is 0 Å². The molecule has 0 aliphatic rings. The third-order valence-corrected chi connectivity index (χ3v) is 4.12. The van der Waals surface area contributed by atoms with E-state index in [1.807, 2.05) is 0 Å². The Morgan fingerprint density at radius 1 is 0.826 bits per heavy atom. The van der Waals surface area contributed by atoms with Crippen LogP contribution in [0.25, 0.3) is 0 Å². The number of phosphoric ester groups is 1. The van der Waals surface area contributed by atoms with Crippen LogP contribution in [0.5, 0.6) is 0 Å². The van der Waals surface area contributed by atoms with Gasteiger partial charge in [-0.3, -0.25) is 4.57 Å². The molecule has 134 valence electrons.